The van der Waals surface area contributed by atoms with Crippen LogP contribution in [-0.4, -0.2) is 101 Å². The normalized spacial score (nSPS) is 20.2. The van der Waals surface area contributed by atoms with Gasteiger partial charge in [0.2, 0.25) is 0 Å². The first-order valence-corrected chi connectivity index (χ1v) is 10.1. The van der Waals surface area contributed by atoms with Crippen molar-refractivity contribution in [3.63, 3.8) is 0 Å². The standard InChI is InChI=1S/C15H32N4O3S/c1-17(2)8-5-10-19(11-6-9-18(3)4)15(20)16-14-7-12-23(21,22)13-14/h14H,5-13H2,1-4H3,(H,16,20). The Morgan fingerprint density at radius 2 is 1.52 bits per heavy atom. The summed E-state index contributed by atoms with van der Waals surface area (Å²) in [5, 5.41) is 2.89. The van der Waals surface area contributed by atoms with Crippen molar-refractivity contribution in [2.75, 3.05) is 65.9 Å². The van der Waals surface area contributed by atoms with Crippen LogP contribution in [-0.2, 0) is 9.84 Å². The number of sulfone groups is 1. The van der Waals surface area contributed by atoms with Crippen molar-refractivity contribution in [3.8, 4) is 0 Å². The van der Waals surface area contributed by atoms with Gasteiger partial charge >= 0.3 is 6.03 Å². The summed E-state index contributed by atoms with van der Waals surface area (Å²) in [6, 6.07) is -0.373. The molecule has 1 atom stereocenters. The summed E-state index contributed by atoms with van der Waals surface area (Å²) < 4.78 is 23.0. The Bertz CT molecular complexity index is 451. The maximum absolute atomic E-state index is 12.5. The van der Waals surface area contributed by atoms with Crippen LogP contribution in [0.2, 0.25) is 0 Å². The molecule has 7 nitrogen and oxygen atoms in total. The van der Waals surface area contributed by atoms with Crippen LogP contribution in [0.3, 0.4) is 0 Å². The maximum atomic E-state index is 12.5. The van der Waals surface area contributed by atoms with Crippen molar-refractivity contribution in [1.82, 2.24) is 20.0 Å². The van der Waals surface area contributed by atoms with Crippen LogP contribution in [0.25, 0.3) is 0 Å². The molecule has 0 radical (unpaired) electrons. The third kappa shape index (κ3) is 8.53. The Morgan fingerprint density at radius 3 is 1.91 bits per heavy atom. The second-order valence-corrected chi connectivity index (χ2v) is 9.08. The average molecular weight is 349 g/mol. The van der Waals surface area contributed by atoms with Crippen molar-refractivity contribution in [2.24, 2.45) is 0 Å². The van der Waals surface area contributed by atoms with Gasteiger partial charge in [0.1, 0.15) is 0 Å². The molecule has 1 aliphatic heterocycles. The summed E-state index contributed by atoms with van der Waals surface area (Å²) in [5.74, 6) is 0.251. The summed E-state index contributed by atoms with van der Waals surface area (Å²) in [6.07, 6.45) is 2.34. The number of nitrogens with zero attached hydrogens (tertiary/aromatic N) is 3. The average Bonchev–Trinajstić information content (AvgIpc) is 2.75. The van der Waals surface area contributed by atoms with Gasteiger partial charge in [-0.05, 0) is 60.5 Å². The lowest BCUT2D eigenvalue weighted by Gasteiger charge is -2.26. The molecule has 0 aromatic heterocycles. The van der Waals surface area contributed by atoms with E-state index in [1.807, 2.05) is 33.1 Å². The summed E-state index contributed by atoms with van der Waals surface area (Å²) in [6.45, 7) is 3.23. The van der Waals surface area contributed by atoms with Crippen molar-refractivity contribution in [3.05, 3.63) is 0 Å². The molecular formula is C15H32N4O3S. The van der Waals surface area contributed by atoms with Gasteiger partial charge in [-0.3, -0.25) is 0 Å². The van der Waals surface area contributed by atoms with Gasteiger partial charge in [0.15, 0.2) is 9.84 Å². The molecule has 1 heterocycles. The smallest absolute Gasteiger partial charge is 0.317 e. The van der Waals surface area contributed by atoms with Gasteiger partial charge in [0, 0.05) is 19.1 Å². The van der Waals surface area contributed by atoms with E-state index in [1.165, 1.54) is 0 Å². The van der Waals surface area contributed by atoms with E-state index < -0.39 is 9.84 Å². The molecule has 1 N–H and O–H groups in total. The first kappa shape index (κ1) is 20.2. The zero-order valence-corrected chi connectivity index (χ0v) is 15.7. The van der Waals surface area contributed by atoms with Crippen LogP contribution >= 0.6 is 0 Å². The molecule has 1 unspecified atom stereocenters. The molecule has 0 aromatic rings. The number of rotatable bonds is 9. The number of carbonyl (C=O) groups is 1. The summed E-state index contributed by atoms with van der Waals surface area (Å²) in [5.41, 5.74) is 0. The quantitative estimate of drug-likeness (QED) is 0.639. The van der Waals surface area contributed by atoms with Gasteiger partial charge < -0.3 is 20.0 Å². The number of amides is 2. The summed E-state index contributed by atoms with van der Waals surface area (Å²) in [7, 11) is 5.09. The van der Waals surface area contributed by atoms with E-state index in [4.69, 9.17) is 0 Å². The number of urea groups is 1. The molecule has 0 bridgehead atoms. The summed E-state index contributed by atoms with van der Waals surface area (Å²) >= 11 is 0. The maximum Gasteiger partial charge on any atom is 0.317 e. The lowest BCUT2D eigenvalue weighted by Crippen LogP contribution is -2.46. The predicted octanol–water partition coefficient (Wildman–Crippen LogP) is 0.0885. The zero-order chi connectivity index (χ0) is 17.5. The van der Waals surface area contributed by atoms with Crippen molar-refractivity contribution < 1.29 is 13.2 Å². The number of carbonyl (C=O) groups excluding carboxylic acids is 1. The zero-order valence-electron chi connectivity index (χ0n) is 14.9. The predicted molar refractivity (Wildman–Crippen MR) is 93.5 cm³/mol. The topological polar surface area (TPSA) is 73.0 Å². The third-order valence-electron chi connectivity index (χ3n) is 3.91. The molecular weight excluding hydrogens is 316 g/mol. The first-order chi connectivity index (χ1) is 10.7. The molecule has 0 aliphatic carbocycles. The fourth-order valence-corrected chi connectivity index (χ4v) is 4.32. The van der Waals surface area contributed by atoms with Crippen LogP contribution in [0.4, 0.5) is 4.79 Å². The molecule has 23 heavy (non-hydrogen) atoms. The second-order valence-electron chi connectivity index (χ2n) is 6.85. The number of hydrogen-bond donors (Lipinski definition) is 1. The minimum atomic E-state index is -2.97. The summed E-state index contributed by atoms with van der Waals surface area (Å²) in [4.78, 5) is 18.5. The van der Waals surface area contributed by atoms with E-state index in [2.05, 4.69) is 15.1 Å². The van der Waals surface area contributed by atoms with E-state index in [0.717, 1.165) is 25.9 Å². The molecule has 1 aliphatic rings. The molecule has 136 valence electrons. The van der Waals surface area contributed by atoms with Gasteiger partial charge in [-0.1, -0.05) is 0 Å². The Morgan fingerprint density at radius 1 is 1.00 bits per heavy atom. The Hall–Kier alpha value is -0.860. The Labute approximate surface area is 140 Å². The molecule has 1 saturated heterocycles. The highest BCUT2D eigenvalue weighted by Crippen LogP contribution is 2.12. The molecule has 0 aromatic carbocycles. The highest BCUT2D eigenvalue weighted by atomic mass is 32.2. The van der Waals surface area contributed by atoms with Crippen LogP contribution in [0, 0.1) is 0 Å². The van der Waals surface area contributed by atoms with Gasteiger partial charge in [-0.25, -0.2) is 13.2 Å². The monoisotopic (exact) mass is 348 g/mol. The van der Waals surface area contributed by atoms with E-state index in [0.29, 0.717) is 19.5 Å². The highest BCUT2D eigenvalue weighted by molar-refractivity contribution is 7.91. The highest BCUT2D eigenvalue weighted by Gasteiger charge is 2.29. The lowest BCUT2D eigenvalue weighted by molar-refractivity contribution is 0.188. The van der Waals surface area contributed by atoms with Crippen molar-refractivity contribution >= 4 is 15.9 Å². The lowest BCUT2D eigenvalue weighted by atomic mass is 10.2. The van der Waals surface area contributed by atoms with E-state index in [-0.39, 0.29) is 23.6 Å². The van der Waals surface area contributed by atoms with Gasteiger partial charge in [0.05, 0.1) is 11.5 Å². The SMILES string of the molecule is CN(C)CCCN(CCCN(C)C)C(=O)NC1CCS(=O)(=O)C1. The second kappa shape index (κ2) is 9.44. The number of hydrogen-bond acceptors (Lipinski definition) is 5. The van der Waals surface area contributed by atoms with E-state index in [1.54, 1.807) is 0 Å². The number of nitrogens with one attached hydrogen (secondary N) is 1. The van der Waals surface area contributed by atoms with Crippen LogP contribution in [0.5, 0.6) is 0 Å². The first-order valence-electron chi connectivity index (χ1n) is 8.25. The minimum absolute atomic E-state index is 0.0714. The van der Waals surface area contributed by atoms with Crippen LogP contribution in [0.15, 0.2) is 0 Å². The van der Waals surface area contributed by atoms with Gasteiger partial charge in [-0.15, -0.1) is 0 Å². The molecule has 0 spiro atoms. The minimum Gasteiger partial charge on any atom is -0.334 e. The van der Waals surface area contributed by atoms with Crippen molar-refractivity contribution in [2.45, 2.75) is 25.3 Å². The Kier molecular flexibility index (Phi) is 8.28. The third-order valence-corrected chi connectivity index (χ3v) is 5.68. The molecule has 0 saturated carbocycles. The van der Waals surface area contributed by atoms with Gasteiger partial charge in [0.25, 0.3) is 0 Å². The van der Waals surface area contributed by atoms with Crippen LogP contribution in [0.1, 0.15) is 19.3 Å². The Balaban J connectivity index is 2.49. The van der Waals surface area contributed by atoms with Crippen molar-refractivity contribution in [1.29, 1.82) is 0 Å². The van der Waals surface area contributed by atoms with Crippen LogP contribution < -0.4 is 5.32 Å². The van der Waals surface area contributed by atoms with E-state index in [9.17, 15) is 13.2 Å². The van der Waals surface area contributed by atoms with E-state index >= 15 is 0 Å². The molecule has 2 amide bonds. The van der Waals surface area contributed by atoms with Gasteiger partial charge in [-0.2, -0.15) is 0 Å². The molecule has 1 rings (SSSR count). The molecule has 1 fully saturated rings. The molecule has 8 heteroatoms. The fourth-order valence-electron chi connectivity index (χ4n) is 2.65. The largest absolute Gasteiger partial charge is 0.334 e. The fraction of sp³-hybridized carbons (Fsp3) is 0.933.